The van der Waals surface area contributed by atoms with Gasteiger partial charge in [-0.3, -0.25) is 0 Å². The predicted molar refractivity (Wildman–Crippen MR) is 79.0 cm³/mol. The lowest BCUT2D eigenvalue weighted by molar-refractivity contribution is 0.0192. The van der Waals surface area contributed by atoms with Gasteiger partial charge in [0.05, 0.1) is 12.9 Å². The average molecular weight is 295 g/mol. The van der Waals surface area contributed by atoms with Crippen molar-refractivity contribution in [2.75, 3.05) is 19.7 Å². The molecule has 5 nitrogen and oxygen atoms in total. The number of ether oxygens (including phenoxy) is 2. The standard InChI is InChI=1S/C16H25NO4/c1-12(14-6-5-9-19-14)20-11-13-7-8-17(10-13)15(18)21-16(2,3)4/h5-6,9,12-13H,7-8,10-11H2,1-4H3. The molecule has 21 heavy (non-hydrogen) atoms. The maximum absolute atomic E-state index is 12.0. The normalized spacial score (nSPS) is 20.6. The molecule has 0 saturated carbocycles. The van der Waals surface area contributed by atoms with E-state index in [2.05, 4.69) is 0 Å². The van der Waals surface area contributed by atoms with Gasteiger partial charge in [-0.2, -0.15) is 0 Å². The second-order valence-electron chi connectivity index (χ2n) is 6.57. The molecular formula is C16H25NO4. The van der Waals surface area contributed by atoms with Crippen LogP contribution < -0.4 is 0 Å². The Balaban J connectivity index is 1.74. The number of likely N-dealkylation sites (tertiary alicyclic amines) is 1. The Hall–Kier alpha value is -1.49. The van der Waals surface area contributed by atoms with Crippen LogP contribution in [0.4, 0.5) is 4.79 Å². The predicted octanol–water partition coefficient (Wildman–Crippen LogP) is 3.61. The van der Waals surface area contributed by atoms with E-state index < -0.39 is 5.60 Å². The maximum Gasteiger partial charge on any atom is 0.410 e. The highest BCUT2D eigenvalue weighted by Gasteiger charge is 2.30. The number of nitrogens with zero attached hydrogens (tertiary/aromatic N) is 1. The molecule has 1 fully saturated rings. The van der Waals surface area contributed by atoms with Gasteiger partial charge in [-0.05, 0) is 46.2 Å². The van der Waals surface area contributed by atoms with Gasteiger partial charge in [0.1, 0.15) is 17.5 Å². The molecule has 1 aromatic rings. The molecule has 5 heteroatoms. The summed E-state index contributed by atoms with van der Waals surface area (Å²) < 4.78 is 16.5. The third-order valence-corrected chi connectivity index (χ3v) is 3.46. The molecule has 118 valence electrons. The summed E-state index contributed by atoms with van der Waals surface area (Å²) in [4.78, 5) is 13.7. The van der Waals surface area contributed by atoms with E-state index in [0.717, 1.165) is 18.7 Å². The number of amides is 1. The summed E-state index contributed by atoms with van der Waals surface area (Å²) in [7, 11) is 0. The highest BCUT2D eigenvalue weighted by Crippen LogP contribution is 2.23. The van der Waals surface area contributed by atoms with Crippen molar-refractivity contribution in [3.63, 3.8) is 0 Å². The van der Waals surface area contributed by atoms with E-state index in [-0.39, 0.29) is 12.2 Å². The van der Waals surface area contributed by atoms with Gasteiger partial charge in [-0.1, -0.05) is 0 Å². The first kappa shape index (κ1) is 15.9. The molecular weight excluding hydrogens is 270 g/mol. The lowest BCUT2D eigenvalue weighted by atomic mass is 10.1. The summed E-state index contributed by atoms with van der Waals surface area (Å²) in [5.41, 5.74) is -0.445. The molecule has 2 rings (SSSR count). The van der Waals surface area contributed by atoms with Gasteiger partial charge in [-0.15, -0.1) is 0 Å². The van der Waals surface area contributed by atoms with E-state index in [0.29, 0.717) is 19.1 Å². The highest BCUT2D eigenvalue weighted by molar-refractivity contribution is 5.68. The second-order valence-corrected chi connectivity index (χ2v) is 6.57. The molecule has 1 aromatic heterocycles. The van der Waals surface area contributed by atoms with Crippen LogP contribution in [0.2, 0.25) is 0 Å². The summed E-state index contributed by atoms with van der Waals surface area (Å²) in [5, 5.41) is 0. The Morgan fingerprint density at radius 3 is 2.90 bits per heavy atom. The smallest absolute Gasteiger partial charge is 0.410 e. The van der Waals surface area contributed by atoms with Gasteiger partial charge < -0.3 is 18.8 Å². The summed E-state index contributed by atoms with van der Waals surface area (Å²) in [6.07, 6.45) is 2.30. The number of furan rings is 1. The van der Waals surface area contributed by atoms with Gasteiger partial charge in [-0.25, -0.2) is 4.79 Å². The van der Waals surface area contributed by atoms with E-state index >= 15 is 0 Å². The van der Waals surface area contributed by atoms with E-state index in [4.69, 9.17) is 13.9 Å². The van der Waals surface area contributed by atoms with E-state index in [1.807, 2.05) is 39.8 Å². The fourth-order valence-corrected chi connectivity index (χ4v) is 2.35. The average Bonchev–Trinajstić information content (AvgIpc) is 3.05. The Bertz CT molecular complexity index is 449. The van der Waals surface area contributed by atoms with Crippen LogP contribution in [0.15, 0.2) is 22.8 Å². The zero-order valence-electron chi connectivity index (χ0n) is 13.3. The van der Waals surface area contributed by atoms with Crippen LogP contribution in [0.25, 0.3) is 0 Å². The van der Waals surface area contributed by atoms with Gasteiger partial charge in [0.25, 0.3) is 0 Å². The molecule has 1 aliphatic heterocycles. The van der Waals surface area contributed by atoms with Crippen molar-refractivity contribution in [3.8, 4) is 0 Å². The van der Waals surface area contributed by atoms with Crippen LogP contribution in [0, 0.1) is 5.92 Å². The van der Waals surface area contributed by atoms with E-state index in [1.165, 1.54) is 0 Å². The van der Waals surface area contributed by atoms with Crippen molar-refractivity contribution in [1.82, 2.24) is 4.90 Å². The molecule has 0 spiro atoms. The number of hydrogen-bond donors (Lipinski definition) is 0. The van der Waals surface area contributed by atoms with Gasteiger partial charge in [0, 0.05) is 19.0 Å². The van der Waals surface area contributed by atoms with Crippen LogP contribution in [-0.2, 0) is 9.47 Å². The molecule has 1 saturated heterocycles. The van der Waals surface area contributed by atoms with Crippen LogP contribution >= 0.6 is 0 Å². The first-order valence-corrected chi connectivity index (χ1v) is 7.48. The number of rotatable bonds is 4. The molecule has 2 atom stereocenters. The molecule has 0 N–H and O–H groups in total. The lowest BCUT2D eigenvalue weighted by Crippen LogP contribution is -2.35. The highest BCUT2D eigenvalue weighted by atomic mass is 16.6. The Morgan fingerprint density at radius 2 is 2.29 bits per heavy atom. The first-order valence-electron chi connectivity index (χ1n) is 7.48. The van der Waals surface area contributed by atoms with Crippen molar-refractivity contribution >= 4 is 6.09 Å². The largest absolute Gasteiger partial charge is 0.467 e. The van der Waals surface area contributed by atoms with Crippen molar-refractivity contribution in [2.24, 2.45) is 5.92 Å². The van der Waals surface area contributed by atoms with Crippen molar-refractivity contribution < 1.29 is 18.7 Å². The summed E-state index contributed by atoms with van der Waals surface area (Å²) in [6, 6.07) is 3.77. The second kappa shape index (κ2) is 6.52. The molecule has 0 aromatic carbocycles. The molecule has 1 amide bonds. The first-order chi connectivity index (χ1) is 9.85. The Morgan fingerprint density at radius 1 is 1.52 bits per heavy atom. The third-order valence-electron chi connectivity index (χ3n) is 3.46. The Labute approximate surface area is 126 Å². The van der Waals surface area contributed by atoms with Crippen LogP contribution in [0.1, 0.15) is 46.0 Å². The molecule has 2 unspecified atom stereocenters. The fraction of sp³-hybridized carbons (Fsp3) is 0.688. The molecule has 0 aliphatic carbocycles. The number of carbonyl (C=O) groups is 1. The molecule has 2 heterocycles. The molecule has 1 aliphatic rings. The molecule has 0 radical (unpaired) electrons. The van der Waals surface area contributed by atoms with Gasteiger partial charge in [0.2, 0.25) is 0 Å². The van der Waals surface area contributed by atoms with Crippen molar-refractivity contribution in [2.45, 2.75) is 45.8 Å². The topological polar surface area (TPSA) is 51.9 Å². The van der Waals surface area contributed by atoms with Crippen LogP contribution in [0.5, 0.6) is 0 Å². The summed E-state index contributed by atoms with van der Waals surface area (Å²) in [6.45, 7) is 9.67. The van der Waals surface area contributed by atoms with Crippen LogP contribution in [0.3, 0.4) is 0 Å². The zero-order valence-corrected chi connectivity index (χ0v) is 13.3. The maximum atomic E-state index is 12.0. The zero-order chi connectivity index (χ0) is 15.5. The van der Waals surface area contributed by atoms with Gasteiger partial charge in [0.15, 0.2) is 0 Å². The van der Waals surface area contributed by atoms with Crippen molar-refractivity contribution in [3.05, 3.63) is 24.2 Å². The summed E-state index contributed by atoms with van der Waals surface area (Å²) in [5.74, 6) is 1.19. The minimum Gasteiger partial charge on any atom is -0.467 e. The lowest BCUT2D eigenvalue weighted by Gasteiger charge is -2.24. The van der Waals surface area contributed by atoms with Gasteiger partial charge >= 0.3 is 6.09 Å². The summed E-state index contributed by atoms with van der Waals surface area (Å²) >= 11 is 0. The minimum atomic E-state index is -0.445. The SMILES string of the molecule is CC(OCC1CCN(C(=O)OC(C)(C)C)C1)c1ccco1. The quantitative estimate of drug-likeness (QED) is 0.851. The fourth-order valence-electron chi connectivity index (χ4n) is 2.35. The third kappa shape index (κ3) is 4.77. The number of carbonyl (C=O) groups excluding carboxylic acids is 1. The monoisotopic (exact) mass is 295 g/mol. The molecule has 0 bridgehead atoms. The Kier molecular flexibility index (Phi) is 4.93. The number of hydrogen-bond acceptors (Lipinski definition) is 4. The minimum absolute atomic E-state index is 0.0597. The van der Waals surface area contributed by atoms with Crippen molar-refractivity contribution in [1.29, 1.82) is 0 Å². The van der Waals surface area contributed by atoms with E-state index in [1.54, 1.807) is 11.2 Å². The van der Waals surface area contributed by atoms with E-state index in [9.17, 15) is 4.79 Å². The van der Waals surface area contributed by atoms with Crippen LogP contribution in [-0.4, -0.2) is 36.3 Å².